The summed E-state index contributed by atoms with van der Waals surface area (Å²) in [5.74, 6) is 1.36. The molecule has 2 aliphatic heterocycles. The first-order chi connectivity index (χ1) is 9.41. The molecule has 3 rings (SSSR count). The van der Waals surface area contributed by atoms with Crippen LogP contribution in [0.1, 0.15) is 37.9 Å². The highest BCUT2D eigenvalue weighted by Gasteiger charge is 2.50. The van der Waals surface area contributed by atoms with Crippen molar-refractivity contribution in [2.24, 2.45) is 11.8 Å². The summed E-state index contributed by atoms with van der Waals surface area (Å²) in [6, 6.07) is 5.95. The van der Waals surface area contributed by atoms with Crippen LogP contribution >= 0.6 is 0 Å². The summed E-state index contributed by atoms with van der Waals surface area (Å²) < 4.78 is 13.8. The molecule has 3 atom stereocenters. The van der Waals surface area contributed by atoms with E-state index in [4.69, 9.17) is 0 Å². The van der Waals surface area contributed by atoms with E-state index in [1.54, 1.807) is 6.07 Å². The Balaban J connectivity index is 1.87. The summed E-state index contributed by atoms with van der Waals surface area (Å²) in [5, 5.41) is 3.51. The van der Waals surface area contributed by atoms with Gasteiger partial charge in [-0.15, -0.1) is 0 Å². The largest absolute Gasteiger partial charge is 0.316 e. The van der Waals surface area contributed by atoms with Crippen LogP contribution in [0.3, 0.4) is 0 Å². The van der Waals surface area contributed by atoms with E-state index in [1.807, 2.05) is 13.0 Å². The Kier molecular flexibility index (Phi) is 3.38. The number of rotatable bonds is 2. The fraction of sp³-hybridized carbons (Fsp3) is 0.647. The number of aryl methyl sites for hydroxylation is 1. The zero-order valence-electron chi connectivity index (χ0n) is 12.9. The lowest BCUT2D eigenvalue weighted by molar-refractivity contribution is 0.0969. The van der Waals surface area contributed by atoms with Gasteiger partial charge in [0.15, 0.2) is 0 Å². The normalized spacial score (nSPS) is 30.4. The fourth-order valence-electron chi connectivity index (χ4n) is 4.16. The van der Waals surface area contributed by atoms with E-state index in [9.17, 15) is 4.39 Å². The Bertz CT molecular complexity index is 512. The van der Waals surface area contributed by atoms with E-state index in [0.717, 1.165) is 36.7 Å². The zero-order chi connectivity index (χ0) is 14.5. The van der Waals surface area contributed by atoms with Crippen molar-refractivity contribution in [1.82, 2.24) is 10.2 Å². The number of hydrogen-bond acceptors (Lipinski definition) is 2. The predicted octanol–water partition coefficient (Wildman–Crippen LogP) is 3.12. The molecule has 2 heterocycles. The summed E-state index contributed by atoms with van der Waals surface area (Å²) in [7, 11) is 0. The SMILES string of the molecule is Cc1ccc(C(C)N2CC3CNCC3C2(C)C)cc1F. The number of benzene rings is 1. The lowest BCUT2D eigenvalue weighted by Crippen LogP contribution is -2.45. The van der Waals surface area contributed by atoms with Crippen LogP contribution in [0.2, 0.25) is 0 Å². The molecule has 2 fully saturated rings. The number of halogens is 1. The molecule has 1 aromatic rings. The topological polar surface area (TPSA) is 15.3 Å². The second-order valence-electron chi connectivity index (χ2n) is 7.02. The van der Waals surface area contributed by atoms with Crippen molar-refractivity contribution in [1.29, 1.82) is 0 Å². The van der Waals surface area contributed by atoms with Crippen LogP contribution in [0, 0.1) is 24.6 Å². The molecule has 110 valence electrons. The third-order valence-corrected chi connectivity index (χ3v) is 5.56. The van der Waals surface area contributed by atoms with Gasteiger partial charge in [-0.2, -0.15) is 0 Å². The Morgan fingerprint density at radius 1 is 1.35 bits per heavy atom. The highest BCUT2D eigenvalue weighted by molar-refractivity contribution is 5.26. The predicted molar refractivity (Wildman–Crippen MR) is 80.2 cm³/mol. The summed E-state index contributed by atoms with van der Waals surface area (Å²) >= 11 is 0. The maximum atomic E-state index is 13.8. The number of hydrogen-bond donors (Lipinski definition) is 1. The average Bonchev–Trinajstić information content (AvgIpc) is 2.95. The van der Waals surface area contributed by atoms with E-state index < -0.39 is 0 Å². The average molecular weight is 276 g/mol. The van der Waals surface area contributed by atoms with E-state index >= 15 is 0 Å². The molecule has 3 unspecified atom stereocenters. The van der Waals surface area contributed by atoms with Gasteiger partial charge < -0.3 is 5.32 Å². The van der Waals surface area contributed by atoms with Crippen LogP contribution in [-0.4, -0.2) is 30.1 Å². The van der Waals surface area contributed by atoms with Gasteiger partial charge in [0.05, 0.1) is 0 Å². The van der Waals surface area contributed by atoms with Crippen LogP contribution in [-0.2, 0) is 0 Å². The van der Waals surface area contributed by atoms with Gasteiger partial charge in [0.25, 0.3) is 0 Å². The van der Waals surface area contributed by atoms with Crippen LogP contribution in [0.5, 0.6) is 0 Å². The smallest absolute Gasteiger partial charge is 0.126 e. The van der Waals surface area contributed by atoms with Gasteiger partial charge in [-0.05, 0) is 63.3 Å². The number of fused-ring (bicyclic) bond motifs is 1. The summed E-state index contributed by atoms with van der Waals surface area (Å²) in [4.78, 5) is 2.56. The minimum absolute atomic E-state index is 0.0896. The van der Waals surface area contributed by atoms with Gasteiger partial charge in [-0.25, -0.2) is 4.39 Å². The summed E-state index contributed by atoms with van der Waals surface area (Å²) in [6.07, 6.45) is 0. The van der Waals surface area contributed by atoms with Gasteiger partial charge in [0, 0.05) is 24.7 Å². The Hall–Kier alpha value is -0.930. The molecule has 0 bridgehead atoms. The van der Waals surface area contributed by atoms with E-state index in [2.05, 4.69) is 37.1 Å². The standard InChI is InChI=1S/C17H25FN2/c1-11-5-6-13(7-16(11)18)12(2)20-10-14-8-19-9-15(14)17(20,3)4/h5-7,12,14-15,19H,8-10H2,1-4H3. The Labute approximate surface area is 121 Å². The highest BCUT2D eigenvalue weighted by Crippen LogP contribution is 2.44. The molecule has 20 heavy (non-hydrogen) atoms. The van der Waals surface area contributed by atoms with Crippen LogP contribution in [0.25, 0.3) is 0 Å². The minimum atomic E-state index is -0.0896. The molecule has 2 saturated heterocycles. The van der Waals surface area contributed by atoms with Gasteiger partial charge >= 0.3 is 0 Å². The van der Waals surface area contributed by atoms with Gasteiger partial charge in [-0.3, -0.25) is 4.90 Å². The first kappa shape index (κ1) is 14.0. The molecule has 3 heteroatoms. The van der Waals surface area contributed by atoms with E-state index in [-0.39, 0.29) is 17.4 Å². The van der Waals surface area contributed by atoms with Crippen LogP contribution < -0.4 is 5.32 Å². The van der Waals surface area contributed by atoms with Gasteiger partial charge in [-0.1, -0.05) is 12.1 Å². The van der Waals surface area contributed by atoms with Gasteiger partial charge in [0.1, 0.15) is 5.82 Å². The lowest BCUT2D eigenvalue weighted by Gasteiger charge is -2.40. The van der Waals surface area contributed by atoms with Crippen LogP contribution in [0.15, 0.2) is 18.2 Å². The molecule has 1 N–H and O–H groups in total. The van der Waals surface area contributed by atoms with Crippen molar-refractivity contribution in [3.8, 4) is 0 Å². The number of likely N-dealkylation sites (tertiary alicyclic amines) is 1. The molecule has 1 aromatic carbocycles. The molecule has 2 aliphatic rings. The van der Waals surface area contributed by atoms with Crippen molar-refractivity contribution in [2.45, 2.75) is 39.3 Å². The summed E-state index contributed by atoms with van der Waals surface area (Å²) in [6.45, 7) is 12.1. The monoisotopic (exact) mass is 276 g/mol. The number of nitrogens with zero attached hydrogens (tertiary/aromatic N) is 1. The van der Waals surface area contributed by atoms with Crippen molar-refractivity contribution >= 4 is 0 Å². The second kappa shape index (κ2) is 4.81. The Morgan fingerprint density at radius 2 is 2.10 bits per heavy atom. The molecule has 0 spiro atoms. The number of nitrogens with one attached hydrogen (secondary N) is 1. The first-order valence-electron chi connectivity index (χ1n) is 7.64. The first-order valence-corrected chi connectivity index (χ1v) is 7.64. The van der Waals surface area contributed by atoms with Crippen molar-refractivity contribution in [3.05, 3.63) is 35.1 Å². The molecule has 0 amide bonds. The van der Waals surface area contributed by atoms with E-state index in [0.29, 0.717) is 5.92 Å². The maximum absolute atomic E-state index is 13.8. The molecule has 2 nitrogen and oxygen atoms in total. The molecule has 0 aromatic heterocycles. The van der Waals surface area contributed by atoms with Crippen LogP contribution in [0.4, 0.5) is 4.39 Å². The molecule has 0 radical (unpaired) electrons. The highest BCUT2D eigenvalue weighted by atomic mass is 19.1. The third-order valence-electron chi connectivity index (χ3n) is 5.56. The lowest BCUT2D eigenvalue weighted by atomic mass is 9.84. The van der Waals surface area contributed by atoms with Gasteiger partial charge in [0.2, 0.25) is 0 Å². The molecular formula is C17H25FN2. The molecular weight excluding hydrogens is 251 g/mol. The molecule has 0 aliphatic carbocycles. The van der Waals surface area contributed by atoms with Crippen molar-refractivity contribution in [2.75, 3.05) is 19.6 Å². The fourth-order valence-corrected chi connectivity index (χ4v) is 4.16. The van der Waals surface area contributed by atoms with Crippen molar-refractivity contribution < 1.29 is 4.39 Å². The zero-order valence-corrected chi connectivity index (χ0v) is 12.9. The second-order valence-corrected chi connectivity index (χ2v) is 7.02. The molecule has 0 saturated carbocycles. The van der Waals surface area contributed by atoms with E-state index in [1.165, 1.54) is 0 Å². The minimum Gasteiger partial charge on any atom is -0.316 e. The maximum Gasteiger partial charge on any atom is 0.126 e. The Morgan fingerprint density at radius 3 is 2.75 bits per heavy atom. The third kappa shape index (κ3) is 2.08. The quantitative estimate of drug-likeness (QED) is 0.893. The summed E-state index contributed by atoms with van der Waals surface area (Å²) in [5.41, 5.74) is 1.99. The van der Waals surface area contributed by atoms with Crippen molar-refractivity contribution in [3.63, 3.8) is 0 Å².